The maximum Gasteiger partial charge on any atom is 0.223 e. The minimum Gasteiger partial charge on any atom is -0.355 e. The number of hydrogen-bond donors (Lipinski definition) is 1. The van der Waals surface area contributed by atoms with Crippen LogP contribution in [-0.2, 0) is 4.79 Å². The van der Waals surface area contributed by atoms with Gasteiger partial charge in [-0.05, 0) is 57.8 Å². The van der Waals surface area contributed by atoms with E-state index in [9.17, 15) is 4.79 Å². The van der Waals surface area contributed by atoms with Crippen molar-refractivity contribution in [3.05, 3.63) is 42.2 Å². The third-order valence-electron chi connectivity index (χ3n) is 5.97. The average molecular weight is 426 g/mol. The normalized spacial score (nSPS) is 18.0. The number of benzene rings is 1. The second kappa shape index (κ2) is 10.3. The first-order chi connectivity index (χ1) is 14.7. The molecule has 0 saturated carbocycles. The first kappa shape index (κ1) is 21.1. The second-order valence-corrected chi connectivity index (χ2v) is 9.26. The zero-order valence-corrected chi connectivity index (χ0v) is 18.5. The highest BCUT2D eigenvalue weighted by Gasteiger charge is 2.27. The summed E-state index contributed by atoms with van der Waals surface area (Å²) in [6, 6.07) is 8.48. The number of aryl methyl sites for hydroxylation is 1. The Hall–Kier alpha value is -2.12. The number of nitrogens with zero attached hydrogens (tertiary/aromatic N) is 4. The van der Waals surface area contributed by atoms with Gasteiger partial charge in [0.05, 0.1) is 0 Å². The van der Waals surface area contributed by atoms with Gasteiger partial charge >= 0.3 is 0 Å². The van der Waals surface area contributed by atoms with E-state index in [2.05, 4.69) is 56.3 Å². The lowest BCUT2D eigenvalue weighted by atomic mass is 9.96. The number of amides is 1. The molecule has 2 fully saturated rings. The molecule has 160 valence electrons. The molecule has 0 atom stereocenters. The molecule has 2 aromatic rings. The van der Waals surface area contributed by atoms with Crippen molar-refractivity contribution in [1.29, 1.82) is 0 Å². The van der Waals surface area contributed by atoms with Gasteiger partial charge in [0.25, 0.3) is 0 Å². The number of nitrogens with one attached hydrogen (secondary N) is 1. The summed E-state index contributed by atoms with van der Waals surface area (Å²) < 4.78 is 0. The van der Waals surface area contributed by atoms with Crippen LogP contribution >= 0.6 is 11.8 Å². The van der Waals surface area contributed by atoms with E-state index in [4.69, 9.17) is 0 Å². The van der Waals surface area contributed by atoms with Crippen molar-refractivity contribution in [2.45, 2.75) is 42.5 Å². The minimum absolute atomic E-state index is 0.102. The van der Waals surface area contributed by atoms with Gasteiger partial charge in [-0.2, -0.15) is 0 Å². The SMILES string of the molecule is Cc1ccc(Sc2nccnc2N2CCC(C(=O)NCCN3CCCC3)CC2)cc1. The smallest absolute Gasteiger partial charge is 0.223 e. The minimum atomic E-state index is 0.102. The van der Waals surface area contributed by atoms with Gasteiger partial charge in [-0.3, -0.25) is 4.79 Å². The molecule has 30 heavy (non-hydrogen) atoms. The molecule has 0 bridgehead atoms. The molecule has 1 amide bonds. The van der Waals surface area contributed by atoms with Crippen molar-refractivity contribution in [3.63, 3.8) is 0 Å². The number of carbonyl (C=O) groups excluding carboxylic acids is 1. The lowest BCUT2D eigenvalue weighted by Crippen LogP contribution is -2.42. The highest BCUT2D eigenvalue weighted by Crippen LogP contribution is 2.34. The molecule has 0 spiro atoms. The van der Waals surface area contributed by atoms with Crippen LogP contribution in [0.2, 0.25) is 0 Å². The molecule has 6 nitrogen and oxygen atoms in total. The van der Waals surface area contributed by atoms with Gasteiger partial charge in [-0.15, -0.1) is 0 Å². The third-order valence-corrected chi connectivity index (χ3v) is 6.96. The Morgan fingerprint density at radius 2 is 1.77 bits per heavy atom. The van der Waals surface area contributed by atoms with E-state index in [1.807, 2.05) is 0 Å². The topological polar surface area (TPSA) is 61.4 Å². The molecule has 4 rings (SSSR count). The van der Waals surface area contributed by atoms with E-state index >= 15 is 0 Å². The van der Waals surface area contributed by atoms with Crippen molar-refractivity contribution in [2.75, 3.05) is 44.2 Å². The zero-order chi connectivity index (χ0) is 20.8. The van der Waals surface area contributed by atoms with Crippen LogP contribution in [0.1, 0.15) is 31.2 Å². The molecule has 7 heteroatoms. The van der Waals surface area contributed by atoms with Crippen LogP contribution in [0.15, 0.2) is 46.6 Å². The molecular weight excluding hydrogens is 394 g/mol. The monoisotopic (exact) mass is 425 g/mol. The molecule has 0 radical (unpaired) electrons. The lowest BCUT2D eigenvalue weighted by Gasteiger charge is -2.32. The number of hydrogen-bond acceptors (Lipinski definition) is 6. The molecule has 1 aromatic carbocycles. The fraction of sp³-hybridized carbons (Fsp3) is 0.522. The summed E-state index contributed by atoms with van der Waals surface area (Å²) in [5.74, 6) is 1.24. The largest absolute Gasteiger partial charge is 0.355 e. The van der Waals surface area contributed by atoms with Crippen molar-refractivity contribution in [1.82, 2.24) is 20.2 Å². The fourth-order valence-electron chi connectivity index (χ4n) is 4.17. The quantitative estimate of drug-likeness (QED) is 0.734. The second-order valence-electron chi connectivity index (χ2n) is 8.20. The molecular formula is C23H31N5OS. The fourth-order valence-corrected chi connectivity index (χ4v) is 5.05. The number of likely N-dealkylation sites (tertiary alicyclic amines) is 1. The Balaban J connectivity index is 1.29. The number of piperidine rings is 1. The number of anilines is 1. The van der Waals surface area contributed by atoms with Gasteiger partial charge in [0, 0.05) is 49.4 Å². The highest BCUT2D eigenvalue weighted by molar-refractivity contribution is 7.99. The summed E-state index contributed by atoms with van der Waals surface area (Å²) in [4.78, 5) is 27.6. The predicted molar refractivity (Wildman–Crippen MR) is 121 cm³/mol. The van der Waals surface area contributed by atoms with Crippen LogP contribution < -0.4 is 10.2 Å². The van der Waals surface area contributed by atoms with E-state index in [0.29, 0.717) is 0 Å². The molecule has 1 N–H and O–H groups in total. The molecule has 2 aliphatic rings. The number of rotatable bonds is 7. The van der Waals surface area contributed by atoms with Gasteiger partial charge in [0.15, 0.2) is 5.82 Å². The molecule has 1 aromatic heterocycles. The first-order valence-electron chi connectivity index (χ1n) is 11.0. The third kappa shape index (κ3) is 5.52. The number of aromatic nitrogens is 2. The van der Waals surface area contributed by atoms with Gasteiger partial charge in [0.1, 0.15) is 5.03 Å². The predicted octanol–water partition coefficient (Wildman–Crippen LogP) is 3.36. The van der Waals surface area contributed by atoms with Crippen LogP contribution in [0, 0.1) is 12.8 Å². The Kier molecular flexibility index (Phi) is 7.23. The summed E-state index contributed by atoms with van der Waals surface area (Å²) in [6.45, 7) is 7.86. The molecule has 0 aliphatic carbocycles. The molecule has 3 heterocycles. The summed E-state index contributed by atoms with van der Waals surface area (Å²) in [6.07, 6.45) is 7.81. The standard InChI is InChI=1S/C23H31N5OS/c1-18-4-6-20(7-5-18)30-23-21(24-10-11-26-23)28-15-8-19(9-16-28)22(29)25-12-17-27-13-2-3-14-27/h4-7,10-11,19H,2-3,8-9,12-17H2,1H3,(H,25,29). The Morgan fingerprint density at radius 1 is 1.07 bits per heavy atom. The Bertz CT molecular complexity index is 830. The van der Waals surface area contributed by atoms with Gasteiger partial charge < -0.3 is 15.1 Å². The van der Waals surface area contributed by atoms with Crippen molar-refractivity contribution in [2.24, 2.45) is 5.92 Å². The first-order valence-corrected chi connectivity index (χ1v) is 11.8. The lowest BCUT2D eigenvalue weighted by molar-refractivity contribution is -0.125. The van der Waals surface area contributed by atoms with E-state index in [-0.39, 0.29) is 11.8 Å². The van der Waals surface area contributed by atoms with Gasteiger partial charge in [0.2, 0.25) is 5.91 Å². The summed E-state index contributed by atoms with van der Waals surface area (Å²) in [5, 5.41) is 4.08. The molecule has 0 unspecified atom stereocenters. The zero-order valence-electron chi connectivity index (χ0n) is 17.7. The van der Waals surface area contributed by atoms with Crippen molar-refractivity contribution >= 4 is 23.5 Å². The maximum atomic E-state index is 12.6. The van der Waals surface area contributed by atoms with Gasteiger partial charge in [-0.1, -0.05) is 29.5 Å². The van der Waals surface area contributed by atoms with E-state index < -0.39 is 0 Å². The average Bonchev–Trinajstić information content (AvgIpc) is 3.29. The van der Waals surface area contributed by atoms with Crippen LogP contribution in [-0.4, -0.2) is 60.0 Å². The molecule has 2 saturated heterocycles. The molecule has 2 aliphatic heterocycles. The van der Waals surface area contributed by atoms with Crippen LogP contribution in [0.25, 0.3) is 0 Å². The maximum absolute atomic E-state index is 12.6. The highest BCUT2D eigenvalue weighted by atomic mass is 32.2. The Morgan fingerprint density at radius 3 is 2.50 bits per heavy atom. The van der Waals surface area contributed by atoms with Crippen molar-refractivity contribution < 1.29 is 4.79 Å². The summed E-state index contributed by atoms with van der Waals surface area (Å²) in [5.41, 5.74) is 1.25. The van der Waals surface area contributed by atoms with Crippen LogP contribution in [0.3, 0.4) is 0 Å². The van der Waals surface area contributed by atoms with Crippen molar-refractivity contribution in [3.8, 4) is 0 Å². The van der Waals surface area contributed by atoms with E-state index in [1.165, 1.54) is 31.5 Å². The Labute approximate surface area is 183 Å². The summed E-state index contributed by atoms with van der Waals surface area (Å²) >= 11 is 1.65. The van der Waals surface area contributed by atoms with E-state index in [0.717, 1.165) is 54.8 Å². The van der Waals surface area contributed by atoms with E-state index in [1.54, 1.807) is 24.2 Å². The van der Waals surface area contributed by atoms with Gasteiger partial charge in [-0.25, -0.2) is 9.97 Å². The van der Waals surface area contributed by atoms with Crippen LogP contribution in [0.4, 0.5) is 5.82 Å². The number of carbonyl (C=O) groups is 1. The van der Waals surface area contributed by atoms with Crippen LogP contribution in [0.5, 0.6) is 0 Å². The summed E-state index contributed by atoms with van der Waals surface area (Å²) in [7, 11) is 0.